The Morgan fingerprint density at radius 2 is 1.80 bits per heavy atom. The Hall–Kier alpha value is -2.74. The fraction of sp³-hybridized carbons (Fsp3) is 0.412. The Labute approximate surface area is 144 Å². The van der Waals surface area contributed by atoms with Crippen molar-refractivity contribution < 1.29 is 28.7 Å². The number of nitrogens with zero attached hydrogens (tertiary/aromatic N) is 1. The molecule has 2 N–H and O–H groups in total. The van der Waals surface area contributed by atoms with Crippen LogP contribution in [0.5, 0.6) is 0 Å². The summed E-state index contributed by atoms with van der Waals surface area (Å²) >= 11 is 0. The third-order valence-corrected chi connectivity index (χ3v) is 3.42. The molecule has 0 aliphatic carbocycles. The Morgan fingerprint density at radius 3 is 2.36 bits per heavy atom. The van der Waals surface area contributed by atoms with Crippen LogP contribution in [0.3, 0.4) is 0 Å². The van der Waals surface area contributed by atoms with E-state index in [4.69, 9.17) is 15.2 Å². The van der Waals surface area contributed by atoms with Crippen molar-refractivity contribution in [3.05, 3.63) is 35.9 Å². The molecule has 25 heavy (non-hydrogen) atoms. The molecule has 0 radical (unpaired) electrons. The van der Waals surface area contributed by atoms with Crippen LogP contribution in [0.4, 0.5) is 4.79 Å². The standard InChI is InChI=1S/C17H20N2O6/c1-16(2,3)25-14(22)17(18)9-12(20)19(13(17)21)15(23)24-10-11-7-5-4-6-8-11/h4-8H,9-10,18H2,1-3H3. The van der Waals surface area contributed by atoms with Gasteiger partial charge in [-0.3, -0.25) is 9.59 Å². The van der Waals surface area contributed by atoms with E-state index in [0.717, 1.165) is 0 Å². The maximum Gasteiger partial charge on any atom is 0.423 e. The number of esters is 1. The molecule has 1 saturated heterocycles. The van der Waals surface area contributed by atoms with Crippen LogP contribution in [-0.2, 0) is 30.5 Å². The molecule has 1 aliphatic rings. The number of hydrogen-bond acceptors (Lipinski definition) is 7. The number of hydrogen-bond donors (Lipinski definition) is 1. The smallest absolute Gasteiger partial charge is 0.423 e. The van der Waals surface area contributed by atoms with E-state index in [1.54, 1.807) is 51.1 Å². The van der Waals surface area contributed by atoms with Crippen molar-refractivity contribution in [3.8, 4) is 0 Å². The van der Waals surface area contributed by atoms with Crippen molar-refractivity contribution >= 4 is 23.9 Å². The summed E-state index contributed by atoms with van der Waals surface area (Å²) in [6, 6.07) is 8.73. The zero-order valence-corrected chi connectivity index (χ0v) is 14.3. The average molecular weight is 348 g/mol. The van der Waals surface area contributed by atoms with Crippen LogP contribution in [-0.4, -0.2) is 39.9 Å². The fourth-order valence-corrected chi connectivity index (χ4v) is 2.20. The van der Waals surface area contributed by atoms with Crippen molar-refractivity contribution in [2.45, 2.75) is 44.9 Å². The van der Waals surface area contributed by atoms with E-state index in [-0.39, 0.29) is 11.5 Å². The van der Waals surface area contributed by atoms with Crippen molar-refractivity contribution in [1.82, 2.24) is 4.90 Å². The number of nitrogens with two attached hydrogens (primary N) is 1. The van der Waals surface area contributed by atoms with Gasteiger partial charge in [0.2, 0.25) is 11.4 Å². The predicted octanol–water partition coefficient (Wildman–Crippen LogP) is 1.12. The third-order valence-electron chi connectivity index (χ3n) is 3.42. The molecule has 0 spiro atoms. The van der Waals surface area contributed by atoms with Crippen LogP contribution >= 0.6 is 0 Å². The molecule has 1 heterocycles. The zero-order chi connectivity index (χ0) is 18.8. The van der Waals surface area contributed by atoms with Crippen molar-refractivity contribution in [2.24, 2.45) is 5.73 Å². The minimum atomic E-state index is -2.23. The van der Waals surface area contributed by atoms with Gasteiger partial charge in [-0.2, -0.15) is 4.90 Å². The summed E-state index contributed by atoms with van der Waals surface area (Å²) in [4.78, 5) is 49.0. The number of carbonyl (C=O) groups excluding carboxylic acids is 4. The molecule has 134 valence electrons. The summed E-state index contributed by atoms with van der Waals surface area (Å²) in [7, 11) is 0. The van der Waals surface area contributed by atoms with Gasteiger partial charge in [0, 0.05) is 0 Å². The Bertz CT molecular complexity index is 710. The highest BCUT2D eigenvalue weighted by atomic mass is 16.6. The van der Waals surface area contributed by atoms with Crippen LogP contribution in [0.15, 0.2) is 30.3 Å². The van der Waals surface area contributed by atoms with Gasteiger partial charge in [-0.15, -0.1) is 0 Å². The number of ether oxygens (including phenoxy) is 2. The summed E-state index contributed by atoms with van der Waals surface area (Å²) in [6.07, 6.45) is -1.82. The maximum atomic E-state index is 12.4. The first-order valence-electron chi connectivity index (χ1n) is 7.65. The van der Waals surface area contributed by atoms with E-state index in [9.17, 15) is 19.2 Å². The van der Waals surface area contributed by atoms with E-state index in [2.05, 4.69) is 0 Å². The lowest BCUT2D eigenvalue weighted by atomic mass is 9.99. The predicted molar refractivity (Wildman–Crippen MR) is 85.9 cm³/mol. The molecular formula is C17H20N2O6. The van der Waals surface area contributed by atoms with E-state index >= 15 is 0 Å². The van der Waals surface area contributed by atoms with E-state index in [1.807, 2.05) is 0 Å². The first kappa shape index (κ1) is 18.6. The lowest BCUT2D eigenvalue weighted by Crippen LogP contribution is -2.57. The lowest BCUT2D eigenvalue weighted by molar-refractivity contribution is -0.164. The quantitative estimate of drug-likeness (QED) is 0.494. The lowest BCUT2D eigenvalue weighted by Gasteiger charge is -2.26. The second-order valence-corrected chi connectivity index (χ2v) is 6.72. The number of amides is 3. The molecule has 8 heteroatoms. The van der Waals surface area contributed by atoms with Gasteiger partial charge in [-0.1, -0.05) is 30.3 Å². The zero-order valence-electron chi connectivity index (χ0n) is 14.3. The molecule has 8 nitrogen and oxygen atoms in total. The minimum absolute atomic E-state index is 0.124. The second kappa shape index (κ2) is 6.64. The Morgan fingerprint density at radius 1 is 1.20 bits per heavy atom. The highest BCUT2D eigenvalue weighted by Gasteiger charge is 2.58. The normalized spacial score (nSPS) is 20.6. The van der Waals surface area contributed by atoms with Crippen LogP contribution in [0.1, 0.15) is 32.8 Å². The van der Waals surface area contributed by atoms with Crippen molar-refractivity contribution in [2.75, 3.05) is 0 Å². The van der Waals surface area contributed by atoms with E-state index < -0.39 is 41.4 Å². The monoisotopic (exact) mass is 348 g/mol. The molecule has 0 bridgehead atoms. The molecule has 0 saturated carbocycles. The minimum Gasteiger partial charge on any atom is -0.458 e. The number of imide groups is 3. The number of likely N-dealkylation sites (tertiary alicyclic amines) is 1. The molecule has 3 amide bonds. The molecule has 1 unspecified atom stereocenters. The van der Waals surface area contributed by atoms with Crippen LogP contribution in [0.25, 0.3) is 0 Å². The summed E-state index contributed by atoms with van der Waals surface area (Å²) in [6.45, 7) is 4.67. The molecule has 1 atom stereocenters. The molecular weight excluding hydrogens is 328 g/mol. The van der Waals surface area contributed by atoms with Gasteiger partial charge >= 0.3 is 12.1 Å². The summed E-state index contributed by atoms with van der Waals surface area (Å²) < 4.78 is 10.0. The second-order valence-electron chi connectivity index (χ2n) is 6.72. The van der Waals surface area contributed by atoms with Gasteiger partial charge in [0.25, 0.3) is 5.91 Å². The topological polar surface area (TPSA) is 116 Å². The first-order chi connectivity index (χ1) is 11.5. The number of carbonyl (C=O) groups is 4. The molecule has 2 rings (SSSR count). The van der Waals surface area contributed by atoms with Gasteiger partial charge in [-0.25, -0.2) is 9.59 Å². The summed E-state index contributed by atoms with van der Waals surface area (Å²) in [5.74, 6) is -3.11. The van der Waals surface area contributed by atoms with Gasteiger partial charge in [-0.05, 0) is 26.3 Å². The van der Waals surface area contributed by atoms with Crippen molar-refractivity contribution in [3.63, 3.8) is 0 Å². The molecule has 1 fully saturated rings. The Kier molecular flexibility index (Phi) is 4.94. The first-order valence-corrected chi connectivity index (χ1v) is 7.65. The highest BCUT2D eigenvalue weighted by molar-refractivity contribution is 6.25. The maximum absolute atomic E-state index is 12.4. The largest absolute Gasteiger partial charge is 0.458 e. The average Bonchev–Trinajstić information content (AvgIpc) is 2.75. The molecule has 1 aliphatic heterocycles. The fourth-order valence-electron chi connectivity index (χ4n) is 2.20. The highest BCUT2D eigenvalue weighted by Crippen LogP contribution is 2.26. The molecule has 1 aromatic rings. The van der Waals surface area contributed by atoms with E-state index in [0.29, 0.717) is 5.56 Å². The third kappa shape index (κ3) is 4.03. The van der Waals surface area contributed by atoms with Crippen LogP contribution in [0, 0.1) is 0 Å². The SMILES string of the molecule is CC(C)(C)OC(=O)C1(N)CC(=O)N(C(=O)OCc2ccccc2)C1=O. The van der Waals surface area contributed by atoms with Gasteiger partial charge in [0.05, 0.1) is 6.42 Å². The summed E-state index contributed by atoms with van der Waals surface area (Å²) in [5, 5.41) is 0. The Balaban J connectivity index is 2.09. The summed E-state index contributed by atoms with van der Waals surface area (Å²) in [5.41, 5.74) is 3.35. The van der Waals surface area contributed by atoms with Crippen LogP contribution in [0.2, 0.25) is 0 Å². The van der Waals surface area contributed by atoms with Crippen LogP contribution < -0.4 is 5.73 Å². The van der Waals surface area contributed by atoms with Gasteiger partial charge < -0.3 is 15.2 Å². The number of rotatable bonds is 3. The molecule has 1 aromatic carbocycles. The van der Waals surface area contributed by atoms with Crippen molar-refractivity contribution in [1.29, 1.82) is 0 Å². The molecule has 0 aromatic heterocycles. The number of benzene rings is 1. The van der Waals surface area contributed by atoms with Gasteiger partial charge in [0.1, 0.15) is 12.2 Å². The van der Waals surface area contributed by atoms with E-state index in [1.165, 1.54) is 0 Å². The van der Waals surface area contributed by atoms with Gasteiger partial charge in [0.15, 0.2) is 0 Å².